The minimum atomic E-state index is 0.192. The molecule has 3 atom stereocenters. The summed E-state index contributed by atoms with van der Waals surface area (Å²) < 4.78 is 5.23. The van der Waals surface area contributed by atoms with E-state index in [-0.39, 0.29) is 5.75 Å². The summed E-state index contributed by atoms with van der Waals surface area (Å²) in [6.07, 6.45) is 3.74. The first-order valence-corrected chi connectivity index (χ1v) is 7.95. The zero-order chi connectivity index (χ0) is 15.4. The van der Waals surface area contributed by atoms with Crippen molar-refractivity contribution in [3.63, 3.8) is 0 Å². The van der Waals surface area contributed by atoms with E-state index in [2.05, 4.69) is 18.7 Å². The first-order valence-electron chi connectivity index (χ1n) is 7.95. The number of methoxy groups -OCH3 is 1. The van der Waals surface area contributed by atoms with Crippen LogP contribution in [0.4, 0.5) is 0 Å². The summed E-state index contributed by atoms with van der Waals surface area (Å²) in [4.78, 5) is 2.54. The highest BCUT2D eigenvalue weighted by Gasteiger charge is 2.33. The number of rotatable bonds is 6. The molecule has 0 heterocycles. The van der Waals surface area contributed by atoms with Gasteiger partial charge in [0.2, 0.25) is 0 Å². The van der Waals surface area contributed by atoms with Gasteiger partial charge in [-0.25, -0.2) is 0 Å². The van der Waals surface area contributed by atoms with Gasteiger partial charge in [0.05, 0.1) is 7.11 Å². The molecule has 4 nitrogen and oxygen atoms in total. The van der Waals surface area contributed by atoms with E-state index in [0.717, 1.165) is 13.1 Å². The van der Waals surface area contributed by atoms with Gasteiger partial charge in [0.15, 0.2) is 11.5 Å². The number of benzene rings is 1. The van der Waals surface area contributed by atoms with Crippen LogP contribution in [0.1, 0.15) is 44.7 Å². The van der Waals surface area contributed by atoms with E-state index in [1.54, 1.807) is 13.2 Å². The topological polar surface area (TPSA) is 58.7 Å². The number of ether oxygens (including phenoxy) is 1. The molecule has 3 N–H and O–H groups in total. The van der Waals surface area contributed by atoms with Crippen LogP contribution in [-0.2, 0) is 0 Å². The molecule has 1 aliphatic carbocycles. The van der Waals surface area contributed by atoms with Gasteiger partial charge in [0.25, 0.3) is 0 Å². The van der Waals surface area contributed by atoms with Gasteiger partial charge in [-0.15, -0.1) is 0 Å². The molecule has 1 aromatic rings. The molecule has 1 saturated carbocycles. The second-order valence-corrected chi connectivity index (χ2v) is 5.93. The molecule has 1 aliphatic rings. The molecule has 0 spiro atoms. The van der Waals surface area contributed by atoms with E-state index < -0.39 is 0 Å². The summed E-state index contributed by atoms with van der Waals surface area (Å²) in [5.41, 5.74) is 7.12. The Morgan fingerprint density at radius 1 is 1.43 bits per heavy atom. The standard InChI is InChI=1S/C17H28N2O2/c1-4-19(15-7-5-6-14(15)11-18)12(2)13-8-9-16(20)17(10-13)21-3/h8-10,12,14-15,20H,4-7,11,18H2,1-3H3. The molecule has 4 heteroatoms. The lowest BCUT2D eigenvalue weighted by Gasteiger charge is -2.37. The van der Waals surface area contributed by atoms with Crippen molar-refractivity contribution < 1.29 is 9.84 Å². The zero-order valence-corrected chi connectivity index (χ0v) is 13.4. The third-order valence-electron chi connectivity index (χ3n) is 4.90. The molecule has 3 unspecified atom stereocenters. The monoisotopic (exact) mass is 292 g/mol. The van der Waals surface area contributed by atoms with Crippen LogP contribution in [0.25, 0.3) is 0 Å². The van der Waals surface area contributed by atoms with Crippen LogP contribution >= 0.6 is 0 Å². The fraction of sp³-hybridized carbons (Fsp3) is 0.647. The Morgan fingerprint density at radius 3 is 2.81 bits per heavy atom. The van der Waals surface area contributed by atoms with E-state index in [0.29, 0.717) is 23.8 Å². The molecule has 21 heavy (non-hydrogen) atoms. The maximum absolute atomic E-state index is 9.75. The number of phenolic OH excluding ortho intramolecular Hbond substituents is 1. The van der Waals surface area contributed by atoms with Gasteiger partial charge >= 0.3 is 0 Å². The summed E-state index contributed by atoms with van der Waals surface area (Å²) >= 11 is 0. The van der Waals surface area contributed by atoms with Crippen LogP contribution in [0, 0.1) is 5.92 Å². The Balaban J connectivity index is 2.21. The van der Waals surface area contributed by atoms with Gasteiger partial charge in [0.1, 0.15) is 0 Å². The number of aromatic hydroxyl groups is 1. The minimum Gasteiger partial charge on any atom is -0.504 e. The van der Waals surface area contributed by atoms with E-state index in [1.807, 2.05) is 12.1 Å². The molecule has 0 aromatic heterocycles. The molecule has 0 saturated heterocycles. The van der Waals surface area contributed by atoms with E-state index in [9.17, 15) is 5.11 Å². The largest absolute Gasteiger partial charge is 0.504 e. The highest BCUT2D eigenvalue weighted by atomic mass is 16.5. The van der Waals surface area contributed by atoms with Gasteiger partial charge in [-0.3, -0.25) is 4.90 Å². The van der Waals surface area contributed by atoms with E-state index >= 15 is 0 Å². The summed E-state index contributed by atoms with van der Waals surface area (Å²) in [5, 5.41) is 9.75. The molecular weight excluding hydrogens is 264 g/mol. The summed E-state index contributed by atoms with van der Waals surface area (Å²) in [6.45, 7) is 6.21. The SMILES string of the molecule is CCN(C(C)c1ccc(O)c(OC)c1)C1CCCC1CN. The van der Waals surface area contributed by atoms with Crippen LogP contribution in [0.15, 0.2) is 18.2 Å². The van der Waals surface area contributed by atoms with Crippen LogP contribution in [0.3, 0.4) is 0 Å². The van der Waals surface area contributed by atoms with Crippen LogP contribution in [0.5, 0.6) is 11.5 Å². The Morgan fingerprint density at radius 2 is 2.19 bits per heavy atom. The molecule has 1 fully saturated rings. The second kappa shape index (κ2) is 7.14. The van der Waals surface area contributed by atoms with Gasteiger partial charge in [-0.2, -0.15) is 0 Å². The minimum absolute atomic E-state index is 0.192. The van der Waals surface area contributed by atoms with Crippen molar-refractivity contribution in [2.45, 2.75) is 45.2 Å². The highest BCUT2D eigenvalue weighted by molar-refractivity contribution is 5.42. The van der Waals surface area contributed by atoms with Gasteiger partial charge in [0, 0.05) is 12.1 Å². The summed E-state index contributed by atoms with van der Waals surface area (Å²) in [6, 6.07) is 6.50. The number of hydrogen-bond donors (Lipinski definition) is 2. The smallest absolute Gasteiger partial charge is 0.160 e. The highest BCUT2D eigenvalue weighted by Crippen LogP contribution is 2.36. The fourth-order valence-corrected chi connectivity index (χ4v) is 3.67. The average molecular weight is 292 g/mol. The van der Waals surface area contributed by atoms with Crippen molar-refractivity contribution >= 4 is 0 Å². The number of nitrogens with zero attached hydrogens (tertiary/aromatic N) is 1. The lowest BCUT2D eigenvalue weighted by molar-refractivity contribution is 0.123. The molecule has 1 aromatic carbocycles. The molecule has 0 radical (unpaired) electrons. The second-order valence-electron chi connectivity index (χ2n) is 5.93. The van der Waals surface area contributed by atoms with Gasteiger partial charge < -0.3 is 15.6 Å². The van der Waals surface area contributed by atoms with Crippen molar-refractivity contribution in [1.29, 1.82) is 0 Å². The first-order chi connectivity index (χ1) is 10.1. The van der Waals surface area contributed by atoms with Crippen LogP contribution in [-0.4, -0.2) is 36.2 Å². The Hall–Kier alpha value is -1.26. The molecule has 0 aliphatic heterocycles. The van der Waals surface area contributed by atoms with Gasteiger partial charge in [-0.05, 0) is 56.5 Å². The third-order valence-corrected chi connectivity index (χ3v) is 4.90. The van der Waals surface area contributed by atoms with Crippen LogP contribution < -0.4 is 10.5 Å². The van der Waals surface area contributed by atoms with Crippen molar-refractivity contribution in [1.82, 2.24) is 4.90 Å². The van der Waals surface area contributed by atoms with E-state index in [1.165, 1.54) is 24.8 Å². The predicted molar refractivity (Wildman–Crippen MR) is 85.6 cm³/mol. The fourth-order valence-electron chi connectivity index (χ4n) is 3.67. The number of phenols is 1. The summed E-state index contributed by atoms with van der Waals surface area (Å²) in [7, 11) is 1.59. The van der Waals surface area contributed by atoms with Crippen molar-refractivity contribution in [3.05, 3.63) is 23.8 Å². The maximum atomic E-state index is 9.75. The Bertz CT molecular complexity index is 464. The quantitative estimate of drug-likeness (QED) is 0.846. The molecule has 0 amide bonds. The Labute approximate surface area is 127 Å². The van der Waals surface area contributed by atoms with Crippen molar-refractivity contribution in [2.24, 2.45) is 11.7 Å². The normalized spacial score (nSPS) is 23.5. The number of hydrogen-bond acceptors (Lipinski definition) is 4. The predicted octanol–water partition coefficient (Wildman–Crippen LogP) is 2.91. The van der Waals surface area contributed by atoms with Gasteiger partial charge in [-0.1, -0.05) is 19.4 Å². The molecule has 2 rings (SSSR count). The molecular formula is C17H28N2O2. The third kappa shape index (κ3) is 3.33. The first kappa shape index (κ1) is 16.1. The Kier molecular flexibility index (Phi) is 5.48. The van der Waals surface area contributed by atoms with Crippen LogP contribution in [0.2, 0.25) is 0 Å². The average Bonchev–Trinajstić information content (AvgIpc) is 2.96. The van der Waals surface area contributed by atoms with Crippen molar-refractivity contribution in [2.75, 3.05) is 20.2 Å². The molecule has 118 valence electrons. The lowest BCUT2D eigenvalue weighted by atomic mass is 9.98. The van der Waals surface area contributed by atoms with E-state index in [4.69, 9.17) is 10.5 Å². The molecule has 0 bridgehead atoms. The summed E-state index contributed by atoms with van der Waals surface area (Å²) in [5.74, 6) is 1.33. The van der Waals surface area contributed by atoms with Crippen molar-refractivity contribution in [3.8, 4) is 11.5 Å². The maximum Gasteiger partial charge on any atom is 0.160 e. The number of nitrogens with two attached hydrogens (primary N) is 1. The lowest BCUT2D eigenvalue weighted by Crippen LogP contribution is -2.41. The zero-order valence-electron chi connectivity index (χ0n) is 13.4.